The second-order valence-corrected chi connectivity index (χ2v) is 8.16. The first-order valence-electron chi connectivity index (χ1n) is 11.1. The maximum atomic E-state index is 10.7. The van der Waals surface area contributed by atoms with Crippen LogP contribution in [-0.2, 0) is 19.1 Å². The molecule has 18 heteroatoms. The number of nitrogens with one attached hydrogen (secondary N) is 1. The molecule has 0 saturated carbocycles. The van der Waals surface area contributed by atoms with Crippen LogP contribution in [0.25, 0.3) is 0 Å². The van der Waals surface area contributed by atoms with E-state index in [1.54, 1.807) is 0 Å². The van der Waals surface area contributed by atoms with Crippen LogP contribution in [0.4, 0.5) is 0 Å². The lowest BCUT2D eigenvalue weighted by atomic mass is 9.97. The molecular weight excluding hydrogens is 526 g/mol. The second-order valence-electron chi connectivity index (χ2n) is 8.16. The molecule has 1 heterocycles. The summed E-state index contributed by atoms with van der Waals surface area (Å²) in [5, 5.41) is 118. The third-order valence-electron chi connectivity index (χ3n) is 5.02. The Kier molecular flexibility index (Phi) is 19.5. The Bertz CT molecular complexity index is 669. The van der Waals surface area contributed by atoms with Crippen molar-refractivity contribution in [2.75, 3.05) is 13.2 Å². The van der Waals surface area contributed by atoms with Crippen LogP contribution in [0, 0.1) is 0 Å². The molecule has 9 unspecified atom stereocenters. The molecule has 0 aromatic rings. The number of rotatable bonds is 11. The molecule has 14 N–H and O–H groups in total. The quantitative estimate of drug-likeness (QED) is 0.103. The maximum Gasteiger partial charge on any atom is 0.217 e. The molecule has 0 aromatic heterocycles. The normalized spacial score (nSPS) is 29.3. The zero-order valence-corrected chi connectivity index (χ0v) is 20.5. The van der Waals surface area contributed by atoms with E-state index in [1.807, 2.05) is 0 Å². The first-order valence-corrected chi connectivity index (χ1v) is 11.1. The molecule has 1 amide bonds. The van der Waals surface area contributed by atoms with Gasteiger partial charge in [-0.05, 0) is 6.92 Å². The first kappa shape index (κ1) is 38.4. The summed E-state index contributed by atoms with van der Waals surface area (Å²) >= 11 is 0. The number of aldehydes is 2. The minimum atomic E-state index is -1.79. The Morgan fingerprint density at radius 2 is 1.26 bits per heavy atom. The second kappa shape index (κ2) is 19.3. The SMILES string of the molecule is CC(=O)N[C@H]1C(O)O[C@H](CO)[C@H](O)[C@@H]1O.CC(O)C(O)C(O)C(O)C=O.O=CC(O)C(O)C(O)C(O)CO. The summed E-state index contributed by atoms with van der Waals surface area (Å²) in [6.45, 7) is 1.17. The average Bonchev–Trinajstić information content (AvgIpc) is 2.90. The van der Waals surface area contributed by atoms with E-state index in [4.69, 9.17) is 55.8 Å². The highest BCUT2D eigenvalue weighted by Gasteiger charge is 2.43. The van der Waals surface area contributed by atoms with Crippen molar-refractivity contribution in [2.24, 2.45) is 0 Å². The molecule has 0 bridgehead atoms. The Morgan fingerprint density at radius 3 is 1.61 bits per heavy atom. The maximum absolute atomic E-state index is 10.7. The fourth-order valence-corrected chi connectivity index (χ4v) is 2.67. The predicted octanol–water partition coefficient (Wildman–Crippen LogP) is -8.81. The van der Waals surface area contributed by atoms with Crippen molar-refractivity contribution in [3.05, 3.63) is 0 Å². The third-order valence-corrected chi connectivity index (χ3v) is 5.02. The standard InChI is InChI=1S/C8H15NO6.C6H12O6.C6H12O5/c1-3(11)9-5-7(13)6(12)4(2-10)15-8(5)14;7-1-3(9)5(11)6(12)4(10)2-8;1-3(8)5(10)6(11)4(9)2-7/h4-8,10,12-14H,2H2,1H3,(H,9,11);1,3-6,8-12H,2H2;2-6,8-11H,1H3/t4-,5-,6+,7-,8?;;/m1../s1. The van der Waals surface area contributed by atoms with Crippen molar-refractivity contribution in [3.8, 4) is 0 Å². The highest BCUT2D eigenvalue weighted by molar-refractivity contribution is 5.73. The largest absolute Gasteiger partial charge is 0.394 e. The van der Waals surface area contributed by atoms with Crippen molar-refractivity contribution in [1.29, 1.82) is 0 Å². The molecule has 0 radical (unpaired) electrons. The van der Waals surface area contributed by atoms with Gasteiger partial charge in [0.15, 0.2) is 18.9 Å². The number of aliphatic hydroxyl groups excluding tert-OH is 13. The van der Waals surface area contributed by atoms with Crippen molar-refractivity contribution in [2.45, 2.75) is 93.3 Å². The molecule has 38 heavy (non-hydrogen) atoms. The molecule has 1 fully saturated rings. The summed E-state index contributed by atoms with van der Waals surface area (Å²) < 4.78 is 4.81. The van der Waals surface area contributed by atoms with Crippen LogP contribution in [0.3, 0.4) is 0 Å². The molecule has 0 aliphatic carbocycles. The first-order chi connectivity index (χ1) is 17.5. The number of aliphatic hydroxyl groups is 13. The Hall–Kier alpha value is -1.75. The fraction of sp³-hybridized carbons (Fsp3) is 0.850. The van der Waals surface area contributed by atoms with Crippen LogP contribution in [0.2, 0.25) is 0 Å². The van der Waals surface area contributed by atoms with E-state index in [0.717, 1.165) is 0 Å². The molecule has 18 nitrogen and oxygen atoms in total. The Morgan fingerprint density at radius 1 is 0.816 bits per heavy atom. The van der Waals surface area contributed by atoms with E-state index in [0.29, 0.717) is 0 Å². The molecule has 1 rings (SSSR count). The van der Waals surface area contributed by atoms with Crippen molar-refractivity contribution in [1.82, 2.24) is 5.32 Å². The number of carbonyl (C=O) groups excluding carboxylic acids is 3. The van der Waals surface area contributed by atoms with Gasteiger partial charge in [-0.25, -0.2) is 0 Å². The lowest BCUT2D eigenvalue weighted by molar-refractivity contribution is -0.253. The summed E-state index contributed by atoms with van der Waals surface area (Å²) in [4.78, 5) is 30.5. The number of hydrogen-bond acceptors (Lipinski definition) is 17. The van der Waals surface area contributed by atoms with E-state index < -0.39 is 98.6 Å². The highest BCUT2D eigenvalue weighted by Crippen LogP contribution is 2.19. The van der Waals surface area contributed by atoms with Crippen LogP contribution >= 0.6 is 0 Å². The molecule has 1 saturated heterocycles. The predicted molar refractivity (Wildman–Crippen MR) is 121 cm³/mol. The van der Waals surface area contributed by atoms with E-state index in [2.05, 4.69) is 5.32 Å². The summed E-state index contributed by atoms with van der Waals surface area (Å²) in [5.74, 6) is -0.462. The van der Waals surface area contributed by atoms with Gasteiger partial charge in [-0.15, -0.1) is 0 Å². The molecule has 13 atom stereocenters. The van der Waals surface area contributed by atoms with Gasteiger partial charge in [-0.1, -0.05) is 0 Å². The van der Waals surface area contributed by atoms with Gasteiger partial charge in [-0.2, -0.15) is 0 Å². The van der Waals surface area contributed by atoms with Gasteiger partial charge in [0.05, 0.1) is 19.3 Å². The van der Waals surface area contributed by atoms with Gasteiger partial charge in [0.1, 0.15) is 67.1 Å². The van der Waals surface area contributed by atoms with Crippen LogP contribution in [0.15, 0.2) is 0 Å². The molecule has 1 aliphatic rings. The van der Waals surface area contributed by atoms with Gasteiger partial charge in [0.2, 0.25) is 5.91 Å². The van der Waals surface area contributed by atoms with E-state index in [1.165, 1.54) is 13.8 Å². The van der Waals surface area contributed by atoms with Crippen LogP contribution in [-0.4, -0.2) is 178 Å². The van der Waals surface area contributed by atoms with Crippen molar-refractivity contribution < 1.29 is 85.5 Å². The summed E-state index contributed by atoms with van der Waals surface area (Å²) in [7, 11) is 0. The lowest BCUT2D eigenvalue weighted by Crippen LogP contribution is -2.63. The minimum absolute atomic E-state index is 0.0258. The molecule has 226 valence electrons. The van der Waals surface area contributed by atoms with Gasteiger partial charge in [0.25, 0.3) is 0 Å². The number of amides is 1. The molecule has 1 aliphatic heterocycles. The van der Waals surface area contributed by atoms with E-state index in [9.17, 15) is 29.7 Å². The third kappa shape index (κ3) is 12.9. The van der Waals surface area contributed by atoms with E-state index in [-0.39, 0.29) is 12.6 Å². The summed E-state index contributed by atoms with van der Waals surface area (Å²) in [5.41, 5.74) is 0. The lowest BCUT2D eigenvalue weighted by Gasteiger charge is -2.40. The Labute approximate surface area is 216 Å². The minimum Gasteiger partial charge on any atom is -0.394 e. The van der Waals surface area contributed by atoms with Crippen LogP contribution < -0.4 is 5.32 Å². The van der Waals surface area contributed by atoms with Crippen molar-refractivity contribution in [3.63, 3.8) is 0 Å². The zero-order chi connectivity index (χ0) is 30.3. The fourth-order valence-electron chi connectivity index (χ4n) is 2.67. The smallest absolute Gasteiger partial charge is 0.217 e. The topological polar surface area (TPSA) is 335 Å². The zero-order valence-electron chi connectivity index (χ0n) is 20.5. The van der Waals surface area contributed by atoms with Crippen LogP contribution in [0.5, 0.6) is 0 Å². The summed E-state index contributed by atoms with van der Waals surface area (Å²) in [6, 6.07) is -1.10. The molecular formula is C20H39NO17. The van der Waals surface area contributed by atoms with Gasteiger partial charge >= 0.3 is 0 Å². The Balaban J connectivity index is 0. The molecule has 0 spiro atoms. The van der Waals surface area contributed by atoms with E-state index >= 15 is 0 Å². The number of carbonyl (C=O) groups is 3. The van der Waals surface area contributed by atoms with Gasteiger partial charge in [-0.3, -0.25) is 4.79 Å². The highest BCUT2D eigenvalue weighted by atomic mass is 16.6. The summed E-state index contributed by atoms with van der Waals surface area (Å²) in [6.07, 6.45) is -18.0. The number of ether oxygens (including phenoxy) is 1. The molecule has 0 aromatic carbocycles. The number of hydrogen-bond donors (Lipinski definition) is 14. The van der Waals surface area contributed by atoms with Crippen molar-refractivity contribution >= 4 is 18.5 Å². The average molecular weight is 566 g/mol. The van der Waals surface area contributed by atoms with Gasteiger partial charge in [0, 0.05) is 6.92 Å². The van der Waals surface area contributed by atoms with Gasteiger partial charge < -0.3 is 86.0 Å². The van der Waals surface area contributed by atoms with Crippen LogP contribution in [0.1, 0.15) is 13.8 Å². The monoisotopic (exact) mass is 565 g/mol.